The molecule has 7 heteroatoms. The van der Waals surface area contributed by atoms with Crippen molar-refractivity contribution >= 4 is 23.3 Å². The summed E-state index contributed by atoms with van der Waals surface area (Å²) in [6.45, 7) is 0. The van der Waals surface area contributed by atoms with Crippen molar-refractivity contribution in [2.75, 3.05) is 5.32 Å². The molecule has 2 aliphatic rings. The predicted molar refractivity (Wildman–Crippen MR) is 81.7 cm³/mol. The van der Waals surface area contributed by atoms with Gasteiger partial charge in [0, 0.05) is 17.8 Å². The Bertz CT molecular complexity index is 634. The third-order valence-electron chi connectivity index (χ3n) is 4.69. The third-order valence-corrected chi connectivity index (χ3v) is 4.69. The number of amides is 1. The topological polar surface area (TPSA) is 98.5 Å². The lowest BCUT2D eigenvalue weighted by Crippen LogP contribution is -2.43. The fourth-order valence-corrected chi connectivity index (χ4v) is 3.52. The lowest BCUT2D eigenvalue weighted by atomic mass is 9.75. The maximum atomic E-state index is 12.6. The Balaban J connectivity index is 1.73. The first-order valence-electron chi connectivity index (χ1n) is 7.77. The van der Waals surface area contributed by atoms with Gasteiger partial charge in [0.1, 0.15) is 5.60 Å². The number of rotatable bonds is 3. The van der Waals surface area contributed by atoms with Gasteiger partial charge in [0.25, 0.3) is 5.69 Å². The molecule has 1 atom stereocenters. The summed E-state index contributed by atoms with van der Waals surface area (Å²) < 4.78 is 5.52. The molecule has 1 saturated carbocycles. The van der Waals surface area contributed by atoms with Crippen LogP contribution in [0.2, 0.25) is 0 Å². The monoisotopic (exact) mass is 318 g/mol. The average Bonchev–Trinajstić information content (AvgIpc) is 2.84. The SMILES string of the molecule is O=C1CC(C(=O)Nc2ccc([N+](=O)[O-])cc2)C2(CCCCC2)O1. The van der Waals surface area contributed by atoms with Crippen molar-refractivity contribution in [3.63, 3.8) is 0 Å². The number of carbonyl (C=O) groups is 2. The minimum absolute atomic E-state index is 0.0360. The number of hydrogen-bond acceptors (Lipinski definition) is 5. The van der Waals surface area contributed by atoms with Crippen LogP contribution in [0.1, 0.15) is 38.5 Å². The molecule has 1 heterocycles. The van der Waals surface area contributed by atoms with Crippen LogP contribution in [0.25, 0.3) is 0 Å². The highest BCUT2D eigenvalue weighted by atomic mass is 16.6. The second-order valence-electron chi connectivity index (χ2n) is 6.15. The van der Waals surface area contributed by atoms with E-state index in [0.717, 1.165) is 32.1 Å². The van der Waals surface area contributed by atoms with Crippen LogP contribution in [0.4, 0.5) is 11.4 Å². The molecule has 1 aromatic rings. The lowest BCUT2D eigenvalue weighted by Gasteiger charge is -2.36. The van der Waals surface area contributed by atoms with Gasteiger partial charge < -0.3 is 10.1 Å². The smallest absolute Gasteiger partial charge is 0.307 e. The first-order valence-corrected chi connectivity index (χ1v) is 7.77. The van der Waals surface area contributed by atoms with E-state index < -0.39 is 16.4 Å². The molecule has 7 nitrogen and oxygen atoms in total. The van der Waals surface area contributed by atoms with Crippen LogP contribution in [0, 0.1) is 16.0 Å². The summed E-state index contributed by atoms with van der Waals surface area (Å²) in [6, 6.07) is 5.65. The van der Waals surface area contributed by atoms with Crippen LogP contribution in [0.15, 0.2) is 24.3 Å². The summed E-state index contributed by atoms with van der Waals surface area (Å²) in [7, 11) is 0. The molecule has 122 valence electrons. The first kappa shape index (κ1) is 15.5. The molecule has 1 aliphatic heterocycles. The number of nitro benzene ring substituents is 1. The standard InChI is InChI=1S/C16H18N2O5/c19-14-10-13(16(23-14)8-2-1-3-9-16)15(20)17-11-4-6-12(7-5-11)18(21)22/h4-7,13H,1-3,8-10H2,(H,17,20). The van der Waals surface area contributed by atoms with Crippen LogP contribution < -0.4 is 5.32 Å². The molecule has 1 saturated heterocycles. The highest BCUT2D eigenvalue weighted by Crippen LogP contribution is 2.44. The lowest BCUT2D eigenvalue weighted by molar-refractivity contribution is -0.384. The maximum absolute atomic E-state index is 12.6. The average molecular weight is 318 g/mol. The Kier molecular flexibility index (Phi) is 4.02. The van der Waals surface area contributed by atoms with Gasteiger partial charge in [-0.1, -0.05) is 6.42 Å². The van der Waals surface area contributed by atoms with E-state index in [1.165, 1.54) is 24.3 Å². The molecule has 0 bridgehead atoms. The van der Waals surface area contributed by atoms with E-state index in [9.17, 15) is 19.7 Å². The maximum Gasteiger partial charge on any atom is 0.307 e. The Morgan fingerprint density at radius 2 is 1.87 bits per heavy atom. The van der Waals surface area contributed by atoms with Crippen molar-refractivity contribution in [3.05, 3.63) is 34.4 Å². The number of anilines is 1. The van der Waals surface area contributed by atoms with E-state index in [1.807, 2.05) is 0 Å². The molecular formula is C16H18N2O5. The summed E-state index contributed by atoms with van der Waals surface area (Å²) in [5, 5.41) is 13.4. The molecule has 1 spiro atoms. The molecule has 1 unspecified atom stereocenters. The van der Waals surface area contributed by atoms with Gasteiger partial charge in [-0.3, -0.25) is 19.7 Å². The van der Waals surface area contributed by atoms with Crippen molar-refractivity contribution in [1.82, 2.24) is 0 Å². The summed E-state index contributed by atoms with van der Waals surface area (Å²) in [4.78, 5) is 34.5. The van der Waals surface area contributed by atoms with Gasteiger partial charge in [-0.15, -0.1) is 0 Å². The van der Waals surface area contributed by atoms with Gasteiger partial charge in [0.15, 0.2) is 0 Å². The molecule has 23 heavy (non-hydrogen) atoms. The van der Waals surface area contributed by atoms with Gasteiger partial charge >= 0.3 is 5.97 Å². The van der Waals surface area contributed by atoms with E-state index in [4.69, 9.17) is 4.74 Å². The fourth-order valence-electron chi connectivity index (χ4n) is 3.52. The van der Waals surface area contributed by atoms with Crippen LogP contribution in [0.5, 0.6) is 0 Å². The van der Waals surface area contributed by atoms with Gasteiger partial charge in [0.2, 0.25) is 5.91 Å². The number of esters is 1. The summed E-state index contributed by atoms with van der Waals surface area (Å²) in [5.41, 5.74) is -0.225. The van der Waals surface area contributed by atoms with Crippen molar-refractivity contribution in [1.29, 1.82) is 0 Å². The van der Waals surface area contributed by atoms with E-state index in [2.05, 4.69) is 5.32 Å². The number of hydrogen-bond donors (Lipinski definition) is 1. The van der Waals surface area contributed by atoms with E-state index >= 15 is 0 Å². The third kappa shape index (κ3) is 3.04. The molecule has 0 radical (unpaired) electrons. The molecule has 2 fully saturated rings. The van der Waals surface area contributed by atoms with E-state index in [-0.39, 0.29) is 24.0 Å². The van der Waals surface area contributed by atoms with Crippen LogP contribution in [-0.2, 0) is 14.3 Å². The Morgan fingerprint density at radius 1 is 1.22 bits per heavy atom. The van der Waals surface area contributed by atoms with Gasteiger partial charge in [-0.25, -0.2) is 0 Å². The number of nitrogens with zero attached hydrogens (tertiary/aromatic N) is 1. The minimum Gasteiger partial charge on any atom is -0.458 e. The highest BCUT2D eigenvalue weighted by molar-refractivity contribution is 5.97. The predicted octanol–water partition coefficient (Wildman–Crippen LogP) is 2.80. The number of nitro groups is 1. The zero-order chi connectivity index (χ0) is 16.4. The van der Waals surface area contributed by atoms with Gasteiger partial charge in [-0.05, 0) is 37.8 Å². The number of benzene rings is 1. The molecule has 1 N–H and O–H groups in total. The normalized spacial score (nSPS) is 22.6. The van der Waals surface area contributed by atoms with Crippen molar-refractivity contribution in [3.8, 4) is 0 Å². The van der Waals surface area contributed by atoms with Crippen LogP contribution in [-0.4, -0.2) is 22.4 Å². The minimum atomic E-state index is -0.666. The molecule has 1 aromatic carbocycles. The zero-order valence-electron chi connectivity index (χ0n) is 12.6. The quantitative estimate of drug-likeness (QED) is 0.525. The Labute approximate surface area is 133 Å². The van der Waals surface area contributed by atoms with Crippen molar-refractivity contribution < 1.29 is 19.2 Å². The van der Waals surface area contributed by atoms with Crippen LogP contribution in [0.3, 0.4) is 0 Å². The molecular weight excluding hydrogens is 300 g/mol. The second-order valence-corrected chi connectivity index (χ2v) is 6.15. The second kappa shape index (κ2) is 5.98. The van der Waals surface area contributed by atoms with E-state index in [1.54, 1.807) is 0 Å². The zero-order valence-corrected chi connectivity index (χ0v) is 12.6. The number of carbonyl (C=O) groups excluding carboxylic acids is 2. The van der Waals surface area contributed by atoms with Gasteiger partial charge in [-0.2, -0.15) is 0 Å². The van der Waals surface area contributed by atoms with Gasteiger partial charge in [0.05, 0.1) is 17.3 Å². The van der Waals surface area contributed by atoms with Crippen molar-refractivity contribution in [2.45, 2.75) is 44.1 Å². The van der Waals surface area contributed by atoms with Crippen LogP contribution >= 0.6 is 0 Å². The molecule has 1 aliphatic carbocycles. The molecule has 3 rings (SSSR count). The summed E-state index contributed by atoms with van der Waals surface area (Å²) in [5.74, 6) is -1.08. The highest BCUT2D eigenvalue weighted by Gasteiger charge is 2.52. The molecule has 0 aromatic heterocycles. The summed E-state index contributed by atoms with van der Waals surface area (Å²) >= 11 is 0. The van der Waals surface area contributed by atoms with Crippen molar-refractivity contribution in [2.24, 2.45) is 5.92 Å². The fraction of sp³-hybridized carbons (Fsp3) is 0.500. The number of non-ortho nitro benzene ring substituents is 1. The number of nitrogens with one attached hydrogen (secondary N) is 1. The Hall–Kier alpha value is -2.44. The first-order chi connectivity index (χ1) is 11.0. The largest absolute Gasteiger partial charge is 0.458 e. The number of ether oxygens (including phenoxy) is 1. The summed E-state index contributed by atoms with van der Waals surface area (Å²) in [6.07, 6.45) is 4.53. The van der Waals surface area contributed by atoms with E-state index in [0.29, 0.717) is 5.69 Å². The Morgan fingerprint density at radius 3 is 2.48 bits per heavy atom. The molecule has 1 amide bonds.